The van der Waals surface area contributed by atoms with Gasteiger partial charge in [-0.15, -0.1) is 11.6 Å². The smallest absolute Gasteiger partial charge is 0.132 e. The van der Waals surface area contributed by atoms with E-state index in [0.717, 1.165) is 14.7 Å². The molecule has 0 aliphatic carbocycles. The van der Waals surface area contributed by atoms with Crippen molar-refractivity contribution in [3.05, 3.63) is 57.2 Å². The Morgan fingerprint density at radius 3 is 2.14 bits per heavy atom. The molecule has 0 aromatic heterocycles. The Balaban J connectivity index is 2.11. The van der Waals surface area contributed by atoms with Crippen molar-refractivity contribution in [1.82, 2.24) is 0 Å². The van der Waals surface area contributed by atoms with Crippen LogP contribution in [0.3, 0.4) is 0 Å². The number of benzene rings is 2. The van der Waals surface area contributed by atoms with Gasteiger partial charge in [-0.3, -0.25) is 0 Å². The molecule has 2 aromatic carbocycles. The fraction of sp³-hybridized carbons (Fsp3) is 0.429. The molecule has 0 heterocycles. The minimum absolute atomic E-state index is 0.0507. The first-order valence-electron chi connectivity index (χ1n) is 8.97. The van der Waals surface area contributed by atoms with Crippen LogP contribution in [0.4, 0.5) is 0 Å². The second kappa shape index (κ2) is 10.6. The summed E-state index contributed by atoms with van der Waals surface area (Å²) < 4.78 is 12.0. The summed E-state index contributed by atoms with van der Waals surface area (Å²) in [5, 5.41) is 27.8. The number of alkyl halides is 1. The average molecular weight is 521 g/mol. The zero-order chi connectivity index (χ0) is 20.7. The zero-order valence-corrected chi connectivity index (χ0v) is 18.9. The lowest BCUT2D eigenvalue weighted by Crippen LogP contribution is -2.22. The lowest BCUT2D eigenvalue weighted by molar-refractivity contribution is 0.0533. The number of aliphatic hydroxyl groups is 3. The molecule has 2 rings (SSSR count). The zero-order valence-electron chi connectivity index (χ0n) is 15.9. The normalized spacial score (nSPS) is 13.8. The van der Waals surface area contributed by atoms with Gasteiger partial charge in [-0.2, -0.15) is 0 Å². The Morgan fingerprint density at radius 2 is 1.57 bits per heavy atom. The molecule has 0 aliphatic rings. The predicted octanol–water partition coefficient (Wildman–Crippen LogP) is 3.33. The highest BCUT2D eigenvalue weighted by molar-refractivity contribution is 14.1. The summed E-state index contributed by atoms with van der Waals surface area (Å²) in [7, 11) is 0. The molecule has 0 spiro atoms. The van der Waals surface area contributed by atoms with Crippen molar-refractivity contribution < 1.29 is 24.8 Å². The molecule has 0 aliphatic heterocycles. The number of rotatable bonds is 10. The molecule has 0 unspecified atom stereocenters. The summed E-state index contributed by atoms with van der Waals surface area (Å²) in [4.78, 5) is 0. The fourth-order valence-corrected chi connectivity index (χ4v) is 3.38. The van der Waals surface area contributed by atoms with E-state index in [2.05, 4.69) is 42.5 Å². The Labute approximate surface area is 184 Å². The topological polar surface area (TPSA) is 79.2 Å². The first kappa shape index (κ1) is 23.2. The van der Waals surface area contributed by atoms with Gasteiger partial charge in [-0.25, -0.2) is 0 Å². The van der Waals surface area contributed by atoms with Crippen LogP contribution in [-0.4, -0.2) is 53.2 Å². The maximum atomic E-state index is 9.49. The second-order valence-electron chi connectivity index (χ2n) is 7.06. The van der Waals surface area contributed by atoms with Gasteiger partial charge in [-0.1, -0.05) is 32.0 Å². The third-order valence-electron chi connectivity index (χ3n) is 4.49. The van der Waals surface area contributed by atoms with E-state index < -0.39 is 12.2 Å². The second-order valence-corrected chi connectivity index (χ2v) is 8.53. The number of hydrogen-bond donors (Lipinski definition) is 3. The van der Waals surface area contributed by atoms with Crippen LogP contribution < -0.4 is 9.47 Å². The molecule has 0 saturated heterocycles. The first-order chi connectivity index (χ1) is 13.3. The van der Waals surface area contributed by atoms with Crippen LogP contribution in [0.5, 0.6) is 11.5 Å². The highest BCUT2D eigenvalue weighted by Gasteiger charge is 2.24. The molecule has 28 heavy (non-hydrogen) atoms. The van der Waals surface area contributed by atoms with Gasteiger partial charge in [0.1, 0.15) is 36.9 Å². The van der Waals surface area contributed by atoms with E-state index >= 15 is 0 Å². The van der Waals surface area contributed by atoms with Crippen molar-refractivity contribution >= 4 is 34.2 Å². The van der Waals surface area contributed by atoms with Crippen molar-refractivity contribution in [2.45, 2.75) is 31.5 Å². The molecule has 2 aromatic rings. The van der Waals surface area contributed by atoms with Gasteiger partial charge in [0.05, 0.1) is 16.1 Å². The van der Waals surface area contributed by atoms with Crippen LogP contribution in [0.15, 0.2) is 42.5 Å². The molecular formula is C21H26ClIO5. The highest BCUT2D eigenvalue weighted by atomic mass is 127. The Kier molecular flexibility index (Phi) is 8.82. The van der Waals surface area contributed by atoms with Crippen molar-refractivity contribution in [3.63, 3.8) is 0 Å². The first-order valence-corrected chi connectivity index (χ1v) is 10.6. The van der Waals surface area contributed by atoms with Gasteiger partial charge >= 0.3 is 0 Å². The minimum Gasteiger partial charge on any atom is -0.491 e. The van der Waals surface area contributed by atoms with Crippen LogP contribution in [-0.2, 0) is 5.41 Å². The van der Waals surface area contributed by atoms with E-state index in [1.807, 2.05) is 36.4 Å². The number of aliphatic hydroxyl groups excluding tert-OH is 3. The molecule has 0 bridgehead atoms. The largest absolute Gasteiger partial charge is 0.491 e. The Bertz CT molecular complexity index is 751. The standard InChI is InChI=1S/C21H26ClIO5/c1-21(2,14-3-6-18(7-4-14)27-12-16(25)10-22)15-5-8-20(19(23)9-15)28-13-17(26)11-24/h3-9,16-17,24-26H,10-13H2,1-2H3/t16-,17-/m0/s1. The van der Waals surface area contributed by atoms with Gasteiger partial charge in [0, 0.05) is 5.41 Å². The summed E-state index contributed by atoms with van der Waals surface area (Å²) in [5.41, 5.74) is 2.01. The maximum absolute atomic E-state index is 9.49. The maximum Gasteiger partial charge on any atom is 0.132 e. The lowest BCUT2D eigenvalue weighted by atomic mass is 9.78. The SMILES string of the molecule is CC(C)(c1ccc(OC[C@@H](O)CCl)cc1)c1ccc(OC[C@@H](O)CO)c(I)c1. The van der Waals surface area contributed by atoms with Crippen molar-refractivity contribution in [3.8, 4) is 11.5 Å². The van der Waals surface area contributed by atoms with Crippen LogP contribution >= 0.6 is 34.2 Å². The van der Waals surface area contributed by atoms with E-state index in [4.69, 9.17) is 26.2 Å². The summed E-state index contributed by atoms with van der Waals surface area (Å²) in [6.45, 7) is 4.17. The van der Waals surface area contributed by atoms with Crippen LogP contribution in [0.25, 0.3) is 0 Å². The van der Waals surface area contributed by atoms with Gasteiger partial charge < -0.3 is 24.8 Å². The number of hydrogen-bond acceptors (Lipinski definition) is 5. The lowest BCUT2D eigenvalue weighted by Gasteiger charge is -2.27. The predicted molar refractivity (Wildman–Crippen MR) is 119 cm³/mol. The molecule has 0 radical (unpaired) electrons. The Morgan fingerprint density at radius 1 is 0.964 bits per heavy atom. The van der Waals surface area contributed by atoms with E-state index in [1.54, 1.807) is 0 Å². The fourth-order valence-electron chi connectivity index (χ4n) is 2.62. The molecular weight excluding hydrogens is 495 g/mol. The monoisotopic (exact) mass is 520 g/mol. The van der Waals surface area contributed by atoms with E-state index in [9.17, 15) is 10.2 Å². The van der Waals surface area contributed by atoms with Gasteiger partial charge in [-0.05, 0) is 58.0 Å². The van der Waals surface area contributed by atoms with Crippen LogP contribution in [0.1, 0.15) is 25.0 Å². The summed E-state index contributed by atoms with van der Waals surface area (Å²) in [5.74, 6) is 1.50. The van der Waals surface area contributed by atoms with Crippen LogP contribution in [0, 0.1) is 3.57 Å². The summed E-state index contributed by atoms with van der Waals surface area (Å²) in [6.07, 6.45) is -1.57. The molecule has 5 nitrogen and oxygen atoms in total. The molecule has 2 atom stereocenters. The van der Waals surface area contributed by atoms with Crippen molar-refractivity contribution in [1.29, 1.82) is 0 Å². The van der Waals surface area contributed by atoms with E-state index in [1.165, 1.54) is 0 Å². The third kappa shape index (κ3) is 6.22. The summed E-state index contributed by atoms with van der Waals surface area (Å²) in [6, 6.07) is 13.7. The molecule has 0 amide bonds. The molecule has 154 valence electrons. The van der Waals surface area contributed by atoms with E-state index in [0.29, 0.717) is 11.5 Å². The van der Waals surface area contributed by atoms with Gasteiger partial charge in [0.25, 0.3) is 0 Å². The number of ether oxygens (including phenoxy) is 2. The third-order valence-corrected chi connectivity index (χ3v) is 5.69. The Hall–Kier alpha value is -1.06. The van der Waals surface area contributed by atoms with Gasteiger partial charge in [0.15, 0.2) is 0 Å². The molecule has 7 heteroatoms. The quantitative estimate of drug-likeness (QED) is 0.331. The molecule has 3 N–H and O–H groups in total. The van der Waals surface area contributed by atoms with E-state index in [-0.39, 0.29) is 31.1 Å². The minimum atomic E-state index is -0.891. The van der Waals surface area contributed by atoms with Crippen LogP contribution in [0.2, 0.25) is 0 Å². The van der Waals surface area contributed by atoms with Crippen molar-refractivity contribution in [2.75, 3.05) is 25.7 Å². The van der Waals surface area contributed by atoms with Gasteiger partial charge in [0.2, 0.25) is 0 Å². The van der Waals surface area contributed by atoms with Crippen molar-refractivity contribution in [2.24, 2.45) is 0 Å². The number of halogens is 2. The molecule has 0 saturated carbocycles. The highest BCUT2D eigenvalue weighted by Crippen LogP contribution is 2.35. The molecule has 0 fully saturated rings. The average Bonchev–Trinajstić information content (AvgIpc) is 2.70. The summed E-state index contributed by atoms with van der Waals surface area (Å²) >= 11 is 7.78.